The SMILES string of the molecule is Cc1ccc(/C=N/NC(=O)c2ccc(NC(=O)CC(C)C)cc2)o1. The number of hydrazone groups is 1. The fourth-order valence-corrected chi connectivity index (χ4v) is 2.03. The third kappa shape index (κ3) is 5.39. The summed E-state index contributed by atoms with van der Waals surface area (Å²) in [5, 5.41) is 6.64. The highest BCUT2D eigenvalue weighted by atomic mass is 16.3. The minimum Gasteiger partial charge on any atom is -0.460 e. The molecule has 126 valence electrons. The van der Waals surface area contributed by atoms with Crippen LogP contribution < -0.4 is 10.7 Å². The molecule has 0 spiro atoms. The fraction of sp³-hybridized carbons (Fsp3) is 0.278. The number of hydrogen-bond acceptors (Lipinski definition) is 4. The number of hydrogen-bond donors (Lipinski definition) is 2. The van der Waals surface area contributed by atoms with Crippen LogP contribution in [0.25, 0.3) is 0 Å². The normalized spacial score (nSPS) is 11.0. The molecule has 6 heteroatoms. The second kappa shape index (κ2) is 8.10. The number of carbonyl (C=O) groups is 2. The van der Waals surface area contributed by atoms with E-state index in [0.29, 0.717) is 29.3 Å². The predicted molar refractivity (Wildman–Crippen MR) is 93.0 cm³/mol. The Hall–Kier alpha value is -2.89. The van der Waals surface area contributed by atoms with Crippen LogP contribution in [0, 0.1) is 12.8 Å². The second-order valence-electron chi connectivity index (χ2n) is 5.87. The van der Waals surface area contributed by atoms with Gasteiger partial charge in [0.25, 0.3) is 5.91 Å². The van der Waals surface area contributed by atoms with Gasteiger partial charge in [-0.15, -0.1) is 0 Å². The molecule has 0 fully saturated rings. The molecule has 2 rings (SSSR count). The third-order valence-electron chi connectivity index (χ3n) is 3.14. The Morgan fingerprint density at radius 2 is 1.88 bits per heavy atom. The van der Waals surface area contributed by atoms with Crippen LogP contribution in [0.5, 0.6) is 0 Å². The van der Waals surface area contributed by atoms with E-state index in [2.05, 4.69) is 15.8 Å². The van der Waals surface area contributed by atoms with Gasteiger partial charge >= 0.3 is 0 Å². The zero-order chi connectivity index (χ0) is 17.5. The smallest absolute Gasteiger partial charge is 0.271 e. The molecule has 2 amide bonds. The number of aryl methyl sites for hydroxylation is 1. The molecule has 1 aromatic carbocycles. The standard InChI is InChI=1S/C18H21N3O3/c1-12(2)10-17(22)20-15-7-5-14(6-8-15)18(23)21-19-11-16-9-4-13(3)24-16/h4-9,11-12H,10H2,1-3H3,(H,20,22)(H,21,23)/b19-11+. The van der Waals surface area contributed by atoms with Gasteiger partial charge in [0.1, 0.15) is 11.5 Å². The monoisotopic (exact) mass is 327 g/mol. The molecule has 2 aromatic rings. The summed E-state index contributed by atoms with van der Waals surface area (Å²) in [5.74, 6) is 1.26. The maximum atomic E-state index is 12.0. The van der Waals surface area contributed by atoms with Crippen LogP contribution in [0.4, 0.5) is 5.69 Å². The van der Waals surface area contributed by atoms with Crippen LogP contribution in [0.15, 0.2) is 45.9 Å². The van der Waals surface area contributed by atoms with Crippen LogP contribution in [-0.2, 0) is 4.79 Å². The Bertz CT molecular complexity index is 730. The topological polar surface area (TPSA) is 83.7 Å². The van der Waals surface area contributed by atoms with E-state index in [9.17, 15) is 9.59 Å². The summed E-state index contributed by atoms with van der Waals surface area (Å²) < 4.78 is 5.31. The maximum Gasteiger partial charge on any atom is 0.271 e. The van der Waals surface area contributed by atoms with Gasteiger partial charge in [0, 0.05) is 17.7 Å². The first-order valence-corrected chi connectivity index (χ1v) is 7.74. The zero-order valence-corrected chi connectivity index (χ0v) is 14.0. The predicted octanol–water partition coefficient (Wildman–Crippen LogP) is 3.34. The van der Waals surface area contributed by atoms with Crippen molar-refractivity contribution in [3.8, 4) is 0 Å². The highest BCUT2D eigenvalue weighted by molar-refractivity contribution is 5.96. The molecular weight excluding hydrogens is 306 g/mol. The number of amides is 2. The van der Waals surface area contributed by atoms with Crippen molar-refractivity contribution in [2.75, 3.05) is 5.32 Å². The van der Waals surface area contributed by atoms with E-state index in [-0.39, 0.29) is 11.8 Å². The average Bonchev–Trinajstić information content (AvgIpc) is 2.92. The number of nitrogens with one attached hydrogen (secondary N) is 2. The number of furan rings is 1. The number of benzene rings is 1. The summed E-state index contributed by atoms with van der Waals surface area (Å²) in [6.45, 7) is 5.80. The van der Waals surface area contributed by atoms with Gasteiger partial charge in [0.15, 0.2) is 0 Å². The van der Waals surface area contributed by atoms with Crippen molar-refractivity contribution in [1.82, 2.24) is 5.43 Å². The molecule has 6 nitrogen and oxygen atoms in total. The van der Waals surface area contributed by atoms with Crippen LogP contribution in [0.1, 0.15) is 42.1 Å². The summed E-state index contributed by atoms with van der Waals surface area (Å²) in [6, 6.07) is 10.2. The molecule has 0 aliphatic rings. The van der Waals surface area contributed by atoms with Gasteiger partial charge in [-0.05, 0) is 49.2 Å². The summed E-state index contributed by atoms with van der Waals surface area (Å²) >= 11 is 0. The van der Waals surface area contributed by atoms with E-state index < -0.39 is 0 Å². The first kappa shape index (κ1) is 17.5. The molecule has 0 unspecified atom stereocenters. The molecule has 0 saturated carbocycles. The van der Waals surface area contributed by atoms with E-state index in [1.54, 1.807) is 30.3 Å². The van der Waals surface area contributed by atoms with Crippen LogP contribution in [0.3, 0.4) is 0 Å². The highest BCUT2D eigenvalue weighted by Gasteiger charge is 2.07. The lowest BCUT2D eigenvalue weighted by atomic mass is 10.1. The van der Waals surface area contributed by atoms with Gasteiger partial charge < -0.3 is 9.73 Å². The second-order valence-corrected chi connectivity index (χ2v) is 5.87. The molecular formula is C18H21N3O3. The van der Waals surface area contributed by atoms with Gasteiger partial charge in [-0.1, -0.05) is 13.8 Å². The Labute approximate surface area is 140 Å². The maximum absolute atomic E-state index is 12.0. The Morgan fingerprint density at radius 3 is 2.46 bits per heavy atom. The summed E-state index contributed by atoms with van der Waals surface area (Å²) in [5.41, 5.74) is 3.53. The van der Waals surface area contributed by atoms with Crippen molar-refractivity contribution < 1.29 is 14.0 Å². The van der Waals surface area contributed by atoms with Crippen molar-refractivity contribution in [2.45, 2.75) is 27.2 Å². The molecule has 1 heterocycles. The van der Waals surface area contributed by atoms with Crippen molar-refractivity contribution >= 4 is 23.7 Å². The zero-order valence-electron chi connectivity index (χ0n) is 14.0. The van der Waals surface area contributed by atoms with Gasteiger partial charge in [0.2, 0.25) is 5.91 Å². The van der Waals surface area contributed by atoms with Gasteiger partial charge in [-0.2, -0.15) is 5.10 Å². The van der Waals surface area contributed by atoms with E-state index in [1.165, 1.54) is 6.21 Å². The number of carbonyl (C=O) groups excluding carboxylic acids is 2. The van der Waals surface area contributed by atoms with Crippen molar-refractivity contribution in [3.63, 3.8) is 0 Å². The number of anilines is 1. The molecule has 2 N–H and O–H groups in total. The average molecular weight is 327 g/mol. The highest BCUT2D eigenvalue weighted by Crippen LogP contribution is 2.11. The van der Waals surface area contributed by atoms with Crippen molar-refractivity contribution in [1.29, 1.82) is 0 Å². The first-order chi connectivity index (χ1) is 11.4. The summed E-state index contributed by atoms with van der Waals surface area (Å²) in [4.78, 5) is 23.7. The molecule has 0 aliphatic carbocycles. The van der Waals surface area contributed by atoms with Crippen LogP contribution >= 0.6 is 0 Å². The number of nitrogens with zero attached hydrogens (tertiary/aromatic N) is 1. The van der Waals surface area contributed by atoms with Crippen LogP contribution in [-0.4, -0.2) is 18.0 Å². The first-order valence-electron chi connectivity index (χ1n) is 7.74. The Kier molecular flexibility index (Phi) is 5.89. The Morgan fingerprint density at radius 1 is 1.17 bits per heavy atom. The minimum absolute atomic E-state index is 0.0412. The lowest BCUT2D eigenvalue weighted by molar-refractivity contribution is -0.116. The van der Waals surface area contributed by atoms with Crippen molar-refractivity contribution in [3.05, 3.63) is 53.5 Å². The molecule has 0 aliphatic heterocycles. The molecule has 24 heavy (non-hydrogen) atoms. The minimum atomic E-state index is -0.338. The molecule has 0 saturated heterocycles. The third-order valence-corrected chi connectivity index (χ3v) is 3.14. The lowest BCUT2D eigenvalue weighted by Gasteiger charge is -2.07. The van der Waals surface area contributed by atoms with Gasteiger partial charge in [-0.25, -0.2) is 5.43 Å². The van der Waals surface area contributed by atoms with E-state index in [1.807, 2.05) is 26.8 Å². The number of rotatable bonds is 6. The largest absolute Gasteiger partial charge is 0.460 e. The van der Waals surface area contributed by atoms with Gasteiger partial charge in [-0.3, -0.25) is 9.59 Å². The molecule has 0 radical (unpaired) electrons. The lowest BCUT2D eigenvalue weighted by Crippen LogP contribution is -2.18. The summed E-state index contributed by atoms with van der Waals surface area (Å²) in [7, 11) is 0. The molecule has 0 bridgehead atoms. The van der Waals surface area contributed by atoms with Crippen molar-refractivity contribution in [2.24, 2.45) is 11.0 Å². The quantitative estimate of drug-likeness (QED) is 0.630. The van der Waals surface area contributed by atoms with E-state index >= 15 is 0 Å². The molecule has 1 aromatic heterocycles. The van der Waals surface area contributed by atoms with E-state index in [4.69, 9.17) is 4.42 Å². The van der Waals surface area contributed by atoms with Crippen LogP contribution in [0.2, 0.25) is 0 Å². The fourth-order valence-electron chi connectivity index (χ4n) is 2.03. The summed E-state index contributed by atoms with van der Waals surface area (Å²) in [6.07, 6.45) is 1.90. The van der Waals surface area contributed by atoms with E-state index in [0.717, 1.165) is 5.76 Å². The Balaban J connectivity index is 1.89. The van der Waals surface area contributed by atoms with Gasteiger partial charge in [0.05, 0.1) is 6.21 Å². The molecule has 0 atom stereocenters.